The van der Waals surface area contributed by atoms with Gasteiger partial charge in [-0.15, -0.1) is 0 Å². The Kier molecular flexibility index (Phi) is 3.81. The van der Waals surface area contributed by atoms with Crippen LogP contribution in [0.15, 0.2) is 36.4 Å². The summed E-state index contributed by atoms with van der Waals surface area (Å²) in [6, 6.07) is 6.69. The van der Waals surface area contributed by atoms with Gasteiger partial charge in [-0.1, -0.05) is 11.6 Å². The number of ketones is 1. The smallest absolute Gasteiger partial charge is 0.336 e. The number of carbonyl (C=O) groups is 2. The lowest BCUT2D eigenvalue weighted by Gasteiger charge is -2.06. The highest BCUT2D eigenvalue weighted by Gasteiger charge is 2.21. The quantitative estimate of drug-likeness (QED) is 0.881. The third-order valence-corrected chi connectivity index (χ3v) is 2.89. The van der Waals surface area contributed by atoms with E-state index in [0.717, 1.165) is 0 Å². The van der Waals surface area contributed by atoms with Crippen molar-refractivity contribution in [3.8, 4) is 0 Å². The number of rotatable bonds is 3. The normalized spacial score (nSPS) is 10.3. The molecule has 0 atom stereocenters. The lowest BCUT2D eigenvalue weighted by molar-refractivity contribution is 0.0692. The standard InChI is InChI=1S/C14H7ClF2O3/c15-8-3-1-7(2-4-8)13(18)9-5-11(16)12(17)6-10(9)14(19)20/h1-6H,(H,19,20). The molecule has 0 aliphatic carbocycles. The molecule has 20 heavy (non-hydrogen) atoms. The maximum absolute atomic E-state index is 13.2. The Labute approximate surface area is 117 Å². The molecule has 0 amide bonds. The summed E-state index contributed by atoms with van der Waals surface area (Å²) in [5.74, 6) is -4.85. The van der Waals surface area contributed by atoms with Gasteiger partial charge >= 0.3 is 5.97 Å². The summed E-state index contributed by atoms with van der Waals surface area (Å²) >= 11 is 5.68. The molecule has 0 saturated heterocycles. The average Bonchev–Trinajstić information content (AvgIpc) is 2.41. The first kappa shape index (κ1) is 14.1. The van der Waals surface area contributed by atoms with Crippen molar-refractivity contribution in [3.63, 3.8) is 0 Å². The molecule has 3 nitrogen and oxygen atoms in total. The number of halogens is 3. The number of hydrogen-bond acceptors (Lipinski definition) is 2. The number of aromatic carboxylic acids is 1. The summed E-state index contributed by atoms with van der Waals surface area (Å²) in [7, 11) is 0. The van der Waals surface area contributed by atoms with Crippen LogP contribution >= 0.6 is 11.6 Å². The Morgan fingerprint density at radius 1 is 0.950 bits per heavy atom. The molecule has 0 unspecified atom stereocenters. The molecule has 0 saturated carbocycles. The van der Waals surface area contributed by atoms with Crippen molar-refractivity contribution in [2.24, 2.45) is 0 Å². The van der Waals surface area contributed by atoms with E-state index in [0.29, 0.717) is 17.2 Å². The van der Waals surface area contributed by atoms with Crippen LogP contribution in [0.3, 0.4) is 0 Å². The van der Waals surface area contributed by atoms with Gasteiger partial charge in [0.15, 0.2) is 17.4 Å². The van der Waals surface area contributed by atoms with Crippen molar-refractivity contribution < 1.29 is 23.5 Å². The summed E-state index contributed by atoms with van der Waals surface area (Å²) in [5.41, 5.74) is -0.884. The number of benzene rings is 2. The fraction of sp³-hybridized carbons (Fsp3) is 0. The Balaban J connectivity index is 2.56. The molecule has 0 spiro atoms. The van der Waals surface area contributed by atoms with Gasteiger partial charge in [-0.25, -0.2) is 13.6 Å². The van der Waals surface area contributed by atoms with Crippen LogP contribution in [-0.4, -0.2) is 16.9 Å². The second-order valence-electron chi connectivity index (χ2n) is 3.95. The number of carboxylic acids is 1. The maximum Gasteiger partial charge on any atom is 0.336 e. The molecular formula is C14H7ClF2O3. The first-order chi connectivity index (χ1) is 9.40. The molecular weight excluding hydrogens is 290 g/mol. The highest BCUT2D eigenvalue weighted by molar-refractivity contribution is 6.30. The molecule has 2 aromatic carbocycles. The molecule has 1 N–H and O–H groups in total. The van der Waals surface area contributed by atoms with Crippen molar-refractivity contribution in [3.05, 3.63) is 69.7 Å². The van der Waals surface area contributed by atoms with Gasteiger partial charge in [0, 0.05) is 16.1 Å². The number of hydrogen-bond donors (Lipinski definition) is 1. The summed E-state index contributed by atoms with van der Waals surface area (Å²) in [4.78, 5) is 23.2. The van der Waals surface area contributed by atoms with E-state index in [4.69, 9.17) is 16.7 Å². The molecule has 0 aliphatic rings. The minimum atomic E-state index is -1.51. The molecule has 6 heteroatoms. The van der Waals surface area contributed by atoms with Gasteiger partial charge in [0.1, 0.15) is 0 Å². The lowest BCUT2D eigenvalue weighted by Crippen LogP contribution is -2.11. The van der Waals surface area contributed by atoms with E-state index in [2.05, 4.69) is 0 Å². The largest absolute Gasteiger partial charge is 0.478 e. The molecule has 0 fully saturated rings. The molecule has 2 aromatic rings. The van der Waals surface area contributed by atoms with Crippen LogP contribution in [0.25, 0.3) is 0 Å². The van der Waals surface area contributed by atoms with E-state index in [1.807, 2.05) is 0 Å². The minimum absolute atomic E-state index is 0.128. The molecule has 0 aliphatic heterocycles. The second-order valence-corrected chi connectivity index (χ2v) is 4.39. The van der Waals surface area contributed by atoms with E-state index < -0.39 is 34.5 Å². The number of carbonyl (C=O) groups excluding carboxylic acids is 1. The predicted molar refractivity (Wildman–Crippen MR) is 68.2 cm³/mol. The van der Waals surface area contributed by atoms with Crippen molar-refractivity contribution >= 4 is 23.4 Å². The van der Waals surface area contributed by atoms with Crippen LogP contribution in [-0.2, 0) is 0 Å². The second kappa shape index (κ2) is 5.38. The number of carboxylic acid groups (broad SMARTS) is 1. The Morgan fingerprint density at radius 3 is 1.95 bits per heavy atom. The zero-order valence-electron chi connectivity index (χ0n) is 9.86. The zero-order valence-corrected chi connectivity index (χ0v) is 10.6. The molecule has 0 radical (unpaired) electrons. The highest BCUT2D eigenvalue weighted by atomic mass is 35.5. The Bertz CT molecular complexity index is 696. The van der Waals surface area contributed by atoms with Crippen molar-refractivity contribution in [2.75, 3.05) is 0 Å². The van der Waals surface area contributed by atoms with Gasteiger partial charge in [-0.2, -0.15) is 0 Å². The van der Waals surface area contributed by atoms with Gasteiger partial charge in [-0.05, 0) is 36.4 Å². The van der Waals surface area contributed by atoms with Crippen molar-refractivity contribution in [2.45, 2.75) is 0 Å². The monoisotopic (exact) mass is 296 g/mol. The van der Waals surface area contributed by atoms with E-state index in [9.17, 15) is 18.4 Å². The van der Waals surface area contributed by atoms with Crippen LogP contribution in [0, 0.1) is 11.6 Å². The third-order valence-electron chi connectivity index (χ3n) is 2.64. The van der Waals surface area contributed by atoms with E-state index in [1.165, 1.54) is 24.3 Å². The maximum atomic E-state index is 13.2. The highest BCUT2D eigenvalue weighted by Crippen LogP contribution is 2.20. The molecule has 0 aromatic heterocycles. The van der Waals surface area contributed by atoms with Crippen LogP contribution in [0.1, 0.15) is 26.3 Å². The summed E-state index contributed by atoms with van der Waals surface area (Å²) in [5, 5.41) is 9.35. The third kappa shape index (κ3) is 2.67. The molecule has 102 valence electrons. The van der Waals surface area contributed by atoms with E-state index in [-0.39, 0.29) is 5.56 Å². The van der Waals surface area contributed by atoms with Gasteiger partial charge in [0.05, 0.1) is 5.56 Å². The molecule has 2 rings (SSSR count). The molecule has 0 bridgehead atoms. The predicted octanol–water partition coefficient (Wildman–Crippen LogP) is 3.55. The summed E-state index contributed by atoms with van der Waals surface area (Å²) in [6.45, 7) is 0. The SMILES string of the molecule is O=C(O)c1cc(F)c(F)cc1C(=O)c1ccc(Cl)cc1. The first-order valence-electron chi connectivity index (χ1n) is 5.42. The van der Waals surface area contributed by atoms with Gasteiger partial charge < -0.3 is 5.11 Å². The summed E-state index contributed by atoms with van der Waals surface area (Å²) < 4.78 is 26.3. The van der Waals surface area contributed by atoms with Crippen LogP contribution < -0.4 is 0 Å². The lowest BCUT2D eigenvalue weighted by atomic mass is 9.98. The van der Waals surface area contributed by atoms with Gasteiger partial charge in [0.25, 0.3) is 0 Å². The first-order valence-corrected chi connectivity index (χ1v) is 5.80. The topological polar surface area (TPSA) is 54.4 Å². The minimum Gasteiger partial charge on any atom is -0.478 e. The Hall–Kier alpha value is -2.27. The van der Waals surface area contributed by atoms with Gasteiger partial charge in [-0.3, -0.25) is 4.79 Å². The zero-order chi connectivity index (χ0) is 14.9. The van der Waals surface area contributed by atoms with Crippen LogP contribution in [0.5, 0.6) is 0 Å². The fourth-order valence-electron chi connectivity index (χ4n) is 1.67. The van der Waals surface area contributed by atoms with E-state index in [1.54, 1.807) is 0 Å². The Morgan fingerprint density at radius 2 is 1.45 bits per heavy atom. The fourth-order valence-corrected chi connectivity index (χ4v) is 1.79. The van der Waals surface area contributed by atoms with Crippen molar-refractivity contribution in [1.82, 2.24) is 0 Å². The van der Waals surface area contributed by atoms with Crippen molar-refractivity contribution in [1.29, 1.82) is 0 Å². The average molecular weight is 297 g/mol. The van der Waals surface area contributed by atoms with Crippen LogP contribution in [0.2, 0.25) is 5.02 Å². The summed E-state index contributed by atoms with van der Waals surface area (Å²) in [6.07, 6.45) is 0. The van der Waals surface area contributed by atoms with Crippen LogP contribution in [0.4, 0.5) is 8.78 Å². The van der Waals surface area contributed by atoms with Gasteiger partial charge in [0.2, 0.25) is 0 Å². The molecule has 0 heterocycles. The van der Waals surface area contributed by atoms with E-state index >= 15 is 0 Å².